The molecule has 0 saturated carbocycles. The highest BCUT2D eigenvalue weighted by molar-refractivity contribution is 6.32. The van der Waals surface area contributed by atoms with Crippen molar-refractivity contribution in [1.29, 1.82) is 5.26 Å². The van der Waals surface area contributed by atoms with Gasteiger partial charge in [0.2, 0.25) is 5.91 Å². The van der Waals surface area contributed by atoms with E-state index in [2.05, 4.69) is 44.0 Å². The topological polar surface area (TPSA) is 108 Å². The van der Waals surface area contributed by atoms with E-state index < -0.39 is 0 Å². The number of hydrogen-bond donors (Lipinski definition) is 2. The number of nitrogens with zero attached hydrogens (tertiary/aromatic N) is 2. The normalized spacial score (nSPS) is 17.7. The van der Waals surface area contributed by atoms with E-state index in [0.29, 0.717) is 35.5 Å². The molecule has 3 N–H and O–H groups in total. The monoisotopic (exact) mass is 468 g/mol. The molecule has 0 spiro atoms. The number of para-hydroxylation sites is 1. The molecule has 0 bridgehead atoms. The zero-order chi connectivity index (χ0) is 24.4. The second-order valence-electron chi connectivity index (χ2n) is 9.61. The molecule has 174 valence electrons. The first-order valence-corrected chi connectivity index (χ1v) is 11.1. The lowest BCUT2D eigenvalue weighted by molar-refractivity contribution is -0.125. The highest BCUT2D eigenvalue weighted by atomic mass is 35.5. The Bertz CT molecular complexity index is 1090. The summed E-state index contributed by atoms with van der Waals surface area (Å²) >= 11 is 6.38. The van der Waals surface area contributed by atoms with Crippen molar-refractivity contribution < 1.29 is 14.3 Å². The van der Waals surface area contributed by atoms with Gasteiger partial charge in [0.25, 0.3) is 5.91 Å². The third-order valence-corrected chi connectivity index (χ3v) is 6.32. The maximum atomic E-state index is 13.0. The number of nitrogens with one attached hydrogen (secondary N) is 1. The van der Waals surface area contributed by atoms with Gasteiger partial charge in [-0.1, -0.05) is 23.7 Å². The maximum absolute atomic E-state index is 13.0. The van der Waals surface area contributed by atoms with E-state index >= 15 is 0 Å². The highest BCUT2D eigenvalue weighted by Crippen LogP contribution is 2.38. The first-order valence-electron chi connectivity index (χ1n) is 10.8. The number of carbonyl (C=O) groups excluding carboxylic acids is 2. The zero-order valence-corrected chi connectivity index (χ0v) is 20.1. The minimum Gasteiger partial charge on any atom is -0.454 e. The van der Waals surface area contributed by atoms with Gasteiger partial charge < -0.3 is 15.8 Å². The lowest BCUT2D eigenvalue weighted by Crippen LogP contribution is -2.65. The lowest BCUT2D eigenvalue weighted by Gasteiger charge is -2.55. The molecule has 1 aliphatic rings. The summed E-state index contributed by atoms with van der Waals surface area (Å²) in [4.78, 5) is 26.6. The SMILES string of the molecule is CC1(C)CC(NC(=O)c2ccc(Oc3ccccc3C#N)c(Cl)c2)CC(C)(C)N1CC(N)=O. The molecule has 33 heavy (non-hydrogen) atoms. The van der Waals surface area contributed by atoms with Crippen molar-refractivity contribution in [3.63, 3.8) is 0 Å². The van der Waals surface area contributed by atoms with Crippen LogP contribution in [-0.4, -0.2) is 40.4 Å². The maximum Gasteiger partial charge on any atom is 0.251 e. The van der Waals surface area contributed by atoms with Crippen LogP contribution >= 0.6 is 11.6 Å². The molecular weight excluding hydrogens is 440 g/mol. The number of carbonyl (C=O) groups is 2. The molecule has 0 unspecified atom stereocenters. The zero-order valence-electron chi connectivity index (χ0n) is 19.3. The van der Waals surface area contributed by atoms with Crippen LogP contribution in [0.15, 0.2) is 42.5 Å². The second kappa shape index (κ2) is 9.42. The van der Waals surface area contributed by atoms with Crippen LogP contribution in [0.3, 0.4) is 0 Å². The Hall–Kier alpha value is -3.08. The van der Waals surface area contributed by atoms with Crippen molar-refractivity contribution in [2.75, 3.05) is 6.54 Å². The van der Waals surface area contributed by atoms with Crippen LogP contribution in [0.2, 0.25) is 5.02 Å². The molecule has 0 atom stereocenters. The summed E-state index contributed by atoms with van der Waals surface area (Å²) < 4.78 is 5.78. The van der Waals surface area contributed by atoms with Crippen molar-refractivity contribution in [3.8, 4) is 17.6 Å². The Labute approximate surface area is 199 Å². The number of likely N-dealkylation sites (tertiary alicyclic amines) is 1. The average molecular weight is 469 g/mol. The lowest BCUT2D eigenvalue weighted by atomic mass is 9.77. The summed E-state index contributed by atoms with van der Waals surface area (Å²) in [6, 6.07) is 13.7. The first-order chi connectivity index (χ1) is 15.4. The molecule has 8 heteroatoms. The van der Waals surface area contributed by atoms with Crippen molar-refractivity contribution in [2.24, 2.45) is 5.73 Å². The summed E-state index contributed by atoms with van der Waals surface area (Å²) in [7, 11) is 0. The average Bonchev–Trinajstić information content (AvgIpc) is 2.72. The quantitative estimate of drug-likeness (QED) is 0.659. The molecule has 2 amide bonds. The number of ether oxygens (including phenoxy) is 1. The summed E-state index contributed by atoms with van der Waals surface area (Å²) in [5.41, 5.74) is 5.62. The minimum atomic E-state index is -0.368. The fourth-order valence-electron chi connectivity index (χ4n) is 4.76. The van der Waals surface area contributed by atoms with Gasteiger partial charge in [0.05, 0.1) is 17.1 Å². The highest BCUT2D eigenvalue weighted by Gasteiger charge is 2.46. The van der Waals surface area contributed by atoms with Crippen LogP contribution in [0.4, 0.5) is 0 Å². The third kappa shape index (κ3) is 5.65. The van der Waals surface area contributed by atoms with Crippen LogP contribution in [0.5, 0.6) is 11.5 Å². The Morgan fingerprint density at radius 1 is 1.15 bits per heavy atom. The molecule has 1 aliphatic heterocycles. The van der Waals surface area contributed by atoms with Gasteiger partial charge >= 0.3 is 0 Å². The molecule has 0 aliphatic carbocycles. The molecule has 0 radical (unpaired) electrons. The van der Waals surface area contributed by atoms with E-state index in [-0.39, 0.29) is 40.5 Å². The molecule has 2 aromatic carbocycles. The number of hydrogen-bond acceptors (Lipinski definition) is 5. The van der Waals surface area contributed by atoms with Crippen LogP contribution in [-0.2, 0) is 4.79 Å². The fourth-order valence-corrected chi connectivity index (χ4v) is 4.98. The molecule has 1 fully saturated rings. The number of nitriles is 1. The van der Waals surface area contributed by atoms with Gasteiger partial charge in [-0.2, -0.15) is 5.26 Å². The molecule has 7 nitrogen and oxygen atoms in total. The van der Waals surface area contributed by atoms with Gasteiger partial charge in [-0.05, 0) is 70.9 Å². The largest absolute Gasteiger partial charge is 0.454 e. The number of amides is 2. The predicted octanol–water partition coefficient (Wildman–Crippen LogP) is 4.24. The van der Waals surface area contributed by atoms with Crippen LogP contribution in [0, 0.1) is 11.3 Å². The molecular formula is C25H29ClN4O3. The van der Waals surface area contributed by atoms with Crippen molar-refractivity contribution in [3.05, 3.63) is 58.6 Å². The standard InChI is InChI=1S/C25H29ClN4O3/c1-24(2)12-18(13-25(3,4)30(24)15-22(28)31)29-23(32)16-9-10-21(19(26)11-16)33-20-8-6-5-7-17(20)14-27/h5-11,18H,12-13,15H2,1-4H3,(H2,28,31)(H,29,32). The van der Waals surface area contributed by atoms with Gasteiger partial charge in [-0.15, -0.1) is 0 Å². The van der Waals surface area contributed by atoms with Crippen molar-refractivity contribution in [2.45, 2.75) is 57.7 Å². The Morgan fingerprint density at radius 3 is 2.36 bits per heavy atom. The smallest absolute Gasteiger partial charge is 0.251 e. The number of piperidine rings is 1. The second-order valence-corrected chi connectivity index (χ2v) is 10.0. The van der Waals surface area contributed by atoms with Crippen LogP contribution < -0.4 is 15.8 Å². The minimum absolute atomic E-state index is 0.0798. The fraction of sp³-hybridized carbons (Fsp3) is 0.400. The number of nitrogens with two attached hydrogens (primary N) is 1. The molecule has 2 aromatic rings. The van der Waals surface area contributed by atoms with Gasteiger partial charge in [0.1, 0.15) is 17.6 Å². The summed E-state index contributed by atoms with van der Waals surface area (Å²) in [6.45, 7) is 8.39. The van der Waals surface area contributed by atoms with E-state index in [1.807, 2.05) is 0 Å². The number of rotatable bonds is 6. The number of benzene rings is 2. The van der Waals surface area contributed by atoms with Crippen LogP contribution in [0.1, 0.15) is 56.5 Å². The summed E-state index contributed by atoms with van der Waals surface area (Å²) in [6.07, 6.45) is 1.35. The summed E-state index contributed by atoms with van der Waals surface area (Å²) in [5.74, 6) is 0.151. The predicted molar refractivity (Wildman–Crippen MR) is 127 cm³/mol. The molecule has 1 heterocycles. The van der Waals surface area contributed by atoms with Crippen molar-refractivity contribution >= 4 is 23.4 Å². The Balaban J connectivity index is 1.73. The van der Waals surface area contributed by atoms with Gasteiger partial charge in [0, 0.05) is 22.7 Å². The first kappa shape index (κ1) is 24.6. The van der Waals surface area contributed by atoms with E-state index in [0.717, 1.165) is 0 Å². The Kier molecular flexibility index (Phi) is 7.01. The Morgan fingerprint density at radius 2 is 1.79 bits per heavy atom. The van der Waals surface area contributed by atoms with Gasteiger partial charge in [-0.25, -0.2) is 0 Å². The van der Waals surface area contributed by atoms with E-state index in [4.69, 9.17) is 22.1 Å². The molecule has 3 rings (SSSR count). The van der Waals surface area contributed by atoms with Gasteiger partial charge in [0.15, 0.2) is 0 Å². The number of halogens is 1. The van der Waals surface area contributed by atoms with E-state index in [1.54, 1.807) is 42.5 Å². The number of primary amides is 1. The van der Waals surface area contributed by atoms with Crippen LogP contribution in [0.25, 0.3) is 0 Å². The third-order valence-electron chi connectivity index (χ3n) is 6.02. The molecule has 1 saturated heterocycles. The summed E-state index contributed by atoms with van der Waals surface area (Å²) in [5, 5.41) is 12.6. The van der Waals surface area contributed by atoms with Crippen molar-refractivity contribution in [1.82, 2.24) is 10.2 Å². The molecule has 0 aromatic heterocycles. The van der Waals surface area contributed by atoms with E-state index in [9.17, 15) is 14.9 Å². The van der Waals surface area contributed by atoms with Gasteiger partial charge in [-0.3, -0.25) is 14.5 Å². The van der Waals surface area contributed by atoms with E-state index in [1.165, 1.54) is 0 Å².